The van der Waals surface area contributed by atoms with E-state index in [-0.39, 0.29) is 13.2 Å². The van der Waals surface area contributed by atoms with Crippen LogP contribution in [0.2, 0.25) is 0 Å². The molecule has 9 heteroatoms. The van der Waals surface area contributed by atoms with Crippen LogP contribution >= 0.6 is 0 Å². The summed E-state index contributed by atoms with van der Waals surface area (Å²) in [6, 6.07) is 16.2. The van der Waals surface area contributed by atoms with Crippen LogP contribution in [0, 0.1) is 5.82 Å². The Morgan fingerprint density at radius 1 is 1.17 bits per heavy atom. The van der Waals surface area contributed by atoms with E-state index in [9.17, 15) is 14.3 Å². The first kappa shape index (κ1) is 22.0. The molecule has 0 radical (unpaired) electrons. The normalized spacial score (nSPS) is 14.2. The molecule has 0 unspecified atom stereocenters. The highest BCUT2D eigenvalue weighted by atomic mass is 19.1. The quantitative estimate of drug-likeness (QED) is 0.395. The fourth-order valence-corrected chi connectivity index (χ4v) is 4.74. The number of benzene rings is 3. The molecule has 5 aromatic rings. The maximum absolute atomic E-state index is 14.1. The first-order valence-corrected chi connectivity index (χ1v) is 11.4. The Morgan fingerprint density at radius 2 is 2.03 bits per heavy atom. The Bertz CT molecular complexity index is 1710. The number of aliphatic hydroxyl groups excluding tert-OH is 1. The maximum atomic E-state index is 14.1. The zero-order valence-electron chi connectivity index (χ0n) is 19.3. The van der Waals surface area contributed by atoms with Crippen LogP contribution in [0.4, 0.5) is 4.39 Å². The summed E-state index contributed by atoms with van der Waals surface area (Å²) < 4.78 is 26.9. The van der Waals surface area contributed by atoms with Crippen LogP contribution in [-0.2, 0) is 19.8 Å². The van der Waals surface area contributed by atoms with Gasteiger partial charge in [-0.25, -0.2) is 14.2 Å². The van der Waals surface area contributed by atoms with Crippen molar-refractivity contribution in [2.45, 2.75) is 26.7 Å². The zero-order chi connectivity index (χ0) is 24.8. The number of imidazole rings is 1. The van der Waals surface area contributed by atoms with E-state index < -0.39 is 11.6 Å². The Labute approximate surface area is 204 Å². The molecule has 6 rings (SSSR count). The van der Waals surface area contributed by atoms with Gasteiger partial charge in [0.1, 0.15) is 18.2 Å². The van der Waals surface area contributed by atoms with Crippen LogP contribution in [0.1, 0.15) is 40.6 Å². The predicted octanol–water partition coefficient (Wildman–Crippen LogP) is 4.26. The Hall–Kier alpha value is -4.50. The first-order chi connectivity index (χ1) is 17.5. The molecule has 0 bridgehead atoms. The van der Waals surface area contributed by atoms with Gasteiger partial charge in [0.05, 0.1) is 24.0 Å². The highest BCUT2D eigenvalue weighted by Gasteiger charge is 2.24. The van der Waals surface area contributed by atoms with Crippen molar-refractivity contribution in [1.82, 2.24) is 19.7 Å². The molecule has 0 amide bonds. The van der Waals surface area contributed by atoms with Crippen molar-refractivity contribution in [3.8, 4) is 5.75 Å². The van der Waals surface area contributed by atoms with E-state index in [4.69, 9.17) is 9.26 Å². The molecule has 3 heterocycles. The standard InChI is InChI=1S/C27H21FN4O4/c1-15(26-30-27(34)36-31-26)24-20-7-5-16(9-18(20)13-35-23-10-19(28)6-8-21(23)24)11-32-14-29-25-17(12-33)3-2-4-22(25)32/h2-10,14,33H,11-13H2,1H3,(H,30,31,34). The summed E-state index contributed by atoms with van der Waals surface area (Å²) >= 11 is 0. The van der Waals surface area contributed by atoms with Gasteiger partial charge < -0.3 is 14.4 Å². The minimum Gasteiger partial charge on any atom is -0.488 e. The summed E-state index contributed by atoms with van der Waals surface area (Å²) in [6.07, 6.45) is 1.76. The van der Waals surface area contributed by atoms with Gasteiger partial charge in [-0.3, -0.25) is 9.51 Å². The van der Waals surface area contributed by atoms with Crippen LogP contribution in [-0.4, -0.2) is 24.8 Å². The third-order valence-electron chi connectivity index (χ3n) is 6.46. The van der Waals surface area contributed by atoms with Gasteiger partial charge in [0.15, 0.2) is 5.82 Å². The van der Waals surface area contributed by atoms with Gasteiger partial charge >= 0.3 is 5.76 Å². The third-order valence-corrected chi connectivity index (χ3v) is 6.46. The molecule has 0 atom stereocenters. The van der Waals surface area contributed by atoms with Crippen LogP contribution in [0.25, 0.3) is 22.2 Å². The molecular weight excluding hydrogens is 463 g/mol. The molecule has 1 aliphatic rings. The van der Waals surface area contributed by atoms with Crippen LogP contribution in [0.15, 0.2) is 70.2 Å². The summed E-state index contributed by atoms with van der Waals surface area (Å²) in [7, 11) is 0. The lowest BCUT2D eigenvalue weighted by Gasteiger charge is -2.14. The number of hydrogen-bond donors (Lipinski definition) is 2. The number of hydrogen-bond acceptors (Lipinski definition) is 6. The number of allylic oxidation sites excluding steroid dienone is 1. The lowest BCUT2D eigenvalue weighted by Crippen LogP contribution is -2.03. The highest BCUT2D eigenvalue weighted by Crippen LogP contribution is 2.41. The number of aliphatic hydroxyl groups is 1. The summed E-state index contributed by atoms with van der Waals surface area (Å²) in [5, 5.41) is 13.5. The average molecular weight is 484 g/mol. The number of ether oxygens (including phenoxy) is 1. The smallest absolute Gasteiger partial charge is 0.439 e. The molecule has 0 saturated carbocycles. The molecular formula is C27H21FN4O4. The largest absolute Gasteiger partial charge is 0.488 e. The van der Waals surface area contributed by atoms with Crippen LogP contribution in [0.3, 0.4) is 0 Å². The molecule has 1 aliphatic heterocycles. The van der Waals surface area contributed by atoms with E-state index in [2.05, 4.69) is 21.2 Å². The van der Waals surface area contributed by atoms with E-state index in [0.29, 0.717) is 29.3 Å². The fraction of sp³-hybridized carbons (Fsp3) is 0.148. The second kappa shape index (κ2) is 8.62. The number of halogens is 1. The number of para-hydroxylation sites is 1. The van der Waals surface area contributed by atoms with Gasteiger partial charge in [0, 0.05) is 29.3 Å². The molecule has 2 aromatic heterocycles. The molecule has 36 heavy (non-hydrogen) atoms. The SMILES string of the molecule is CC(=C1c2ccc(Cn3cnc4c(CO)cccc43)cc2COc2cc(F)ccc21)c1noc(=O)[nH]1. The van der Waals surface area contributed by atoms with Crippen molar-refractivity contribution >= 4 is 22.2 Å². The van der Waals surface area contributed by atoms with E-state index >= 15 is 0 Å². The van der Waals surface area contributed by atoms with Gasteiger partial charge in [0.25, 0.3) is 0 Å². The zero-order valence-corrected chi connectivity index (χ0v) is 19.3. The number of H-pyrrole nitrogens is 1. The van der Waals surface area contributed by atoms with Crippen LogP contribution in [0.5, 0.6) is 5.75 Å². The van der Waals surface area contributed by atoms with Crippen molar-refractivity contribution < 1.29 is 18.8 Å². The second-order valence-electron chi connectivity index (χ2n) is 8.68. The Morgan fingerprint density at radius 3 is 2.83 bits per heavy atom. The van der Waals surface area contributed by atoms with Gasteiger partial charge in [-0.1, -0.05) is 29.4 Å². The Balaban J connectivity index is 1.46. The van der Waals surface area contributed by atoms with Crippen molar-refractivity contribution in [3.05, 3.63) is 111 Å². The number of aromatic amines is 1. The lowest BCUT2D eigenvalue weighted by atomic mass is 9.89. The molecule has 0 fully saturated rings. The topological polar surface area (TPSA) is 106 Å². The van der Waals surface area contributed by atoms with E-state index in [1.807, 2.05) is 41.8 Å². The molecule has 180 valence electrons. The summed E-state index contributed by atoms with van der Waals surface area (Å²) in [4.78, 5) is 18.7. The number of nitrogens with one attached hydrogen (secondary N) is 1. The molecule has 0 spiro atoms. The minimum atomic E-state index is -0.651. The maximum Gasteiger partial charge on any atom is 0.439 e. The Kier molecular flexibility index (Phi) is 5.26. The van der Waals surface area contributed by atoms with Crippen molar-refractivity contribution in [1.29, 1.82) is 0 Å². The third kappa shape index (κ3) is 3.70. The van der Waals surface area contributed by atoms with Gasteiger partial charge in [-0.15, -0.1) is 0 Å². The van der Waals surface area contributed by atoms with Crippen molar-refractivity contribution in [2.24, 2.45) is 0 Å². The molecule has 8 nitrogen and oxygen atoms in total. The van der Waals surface area contributed by atoms with Gasteiger partial charge in [-0.05, 0) is 53.5 Å². The number of fused-ring (bicyclic) bond motifs is 3. The van der Waals surface area contributed by atoms with Crippen LogP contribution < -0.4 is 10.5 Å². The minimum absolute atomic E-state index is 0.0725. The lowest BCUT2D eigenvalue weighted by molar-refractivity contribution is 0.283. The summed E-state index contributed by atoms with van der Waals surface area (Å²) in [5.41, 5.74) is 7.45. The highest BCUT2D eigenvalue weighted by molar-refractivity contribution is 5.99. The second-order valence-corrected chi connectivity index (χ2v) is 8.68. The number of aromatic nitrogens is 4. The molecule has 0 saturated heterocycles. The van der Waals surface area contributed by atoms with Crippen molar-refractivity contribution in [2.75, 3.05) is 0 Å². The van der Waals surface area contributed by atoms with Gasteiger partial charge in [0.2, 0.25) is 0 Å². The van der Waals surface area contributed by atoms with E-state index in [1.54, 1.807) is 12.4 Å². The predicted molar refractivity (Wildman–Crippen MR) is 131 cm³/mol. The molecule has 3 aromatic carbocycles. The first-order valence-electron chi connectivity index (χ1n) is 11.4. The van der Waals surface area contributed by atoms with E-state index in [1.165, 1.54) is 12.1 Å². The molecule has 2 N–H and O–H groups in total. The summed E-state index contributed by atoms with van der Waals surface area (Å²) in [5.74, 6) is -0.347. The van der Waals surface area contributed by atoms with Gasteiger partial charge in [-0.2, -0.15) is 0 Å². The van der Waals surface area contributed by atoms with E-state index in [0.717, 1.165) is 38.9 Å². The van der Waals surface area contributed by atoms with Crippen molar-refractivity contribution in [3.63, 3.8) is 0 Å². The number of nitrogens with zero attached hydrogens (tertiary/aromatic N) is 3. The fourth-order valence-electron chi connectivity index (χ4n) is 4.74. The summed E-state index contributed by atoms with van der Waals surface area (Å²) in [6.45, 7) is 2.56. The monoisotopic (exact) mass is 484 g/mol. The molecule has 0 aliphatic carbocycles. The average Bonchev–Trinajstić information content (AvgIpc) is 3.46. The number of rotatable bonds is 4.